The summed E-state index contributed by atoms with van der Waals surface area (Å²) in [5, 5.41) is 3.32. The van der Waals surface area contributed by atoms with Gasteiger partial charge in [-0.2, -0.15) is 0 Å². The lowest BCUT2D eigenvalue weighted by Crippen LogP contribution is -2.47. The van der Waals surface area contributed by atoms with Gasteiger partial charge in [-0.15, -0.1) is 0 Å². The minimum absolute atomic E-state index is 0.0874. The lowest BCUT2D eigenvalue weighted by atomic mass is 10.2. The van der Waals surface area contributed by atoms with E-state index < -0.39 is 6.10 Å². The molecule has 0 aliphatic carbocycles. The van der Waals surface area contributed by atoms with Crippen LogP contribution in [0, 0.1) is 0 Å². The number of benzene rings is 1. The van der Waals surface area contributed by atoms with Crippen LogP contribution in [0.3, 0.4) is 0 Å². The third-order valence-corrected chi connectivity index (χ3v) is 3.63. The maximum Gasteiger partial charge on any atom is 0.263 e. The van der Waals surface area contributed by atoms with Crippen LogP contribution in [0.1, 0.15) is 26.7 Å². The minimum atomic E-state index is -0.440. The summed E-state index contributed by atoms with van der Waals surface area (Å²) in [5.74, 6) is 0.832. The van der Waals surface area contributed by atoms with E-state index in [1.54, 1.807) is 0 Å². The highest BCUT2D eigenvalue weighted by atomic mass is 16.5. The Morgan fingerprint density at radius 1 is 1.45 bits per heavy atom. The second-order valence-corrected chi connectivity index (χ2v) is 5.25. The molecular weight excluding hydrogens is 252 g/mol. The zero-order valence-corrected chi connectivity index (χ0v) is 12.3. The molecule has 1 aromatic carbocycles. The van der Waals surface area contributed by atoms with E-state index in [1.165, 1.54) is 0 Å². The summed E-state index contributed by atoms with van der Waals surface area (Å²) in [6, 6.07) is 9.83. The largest absolute Gasteiger partial charge is 0.481 e. The van der Waals surface area contributed by atoms with Crippen molar-refractivity contribution in [3.05, 3.63) is 30.3 Å². The zero-order chi connectivity index (χ0) is 14.4. The van der Waals surface area contributed by atoms with E-state index in [1.807, 2.05) is 42.2 Å². The van der Waals surface area contributed by atoms with E-state index in [4.69, 9.17) is 4.74 Å². The smallest absolute Gasteiger partial charge is 0.263 e. The molecule has 2 atom stereocenters. The first-order valence-electron chi connectivity index (χ1n) is 7.45. The molecule has 1 aromatic rings. The number of carbonyl (C=O) groups is 1. The van der Waals surface area contributed by atoms with Crippen LogP contribution in [0.15, 0.2) is 30.3 Å². The van der Waals surface area contributed by atoms with Crippen molar-refractivity contribution in [3.8, 4) is 5.75 Å². The molecular formula is C16H24N2O2. The molecule has 1 aliphatic rings. The summed E-state index contributed by atoms with van der Waals surface area (Å²) in [6.45, 7) is 6.62. The van der Waals surface area contributed by atoms with Crippen LogP contribution in [0.25, 0.3) is 0 Å². The highest BCUT2D eigenvalue weighted by molar-refractivity contribution is 5.81. The first kappa shape index (κ1) is 14.9. The average Bonchev–Trinajstić information content (AvgIpc) is 2.99. The van der Waals surface area contributed by atoms with Crippen molar-refractivity contribution in [2.45, 2.75) is 38.8 Å². The summed E-state index contributed by atoms with van der Waals surface area (Å²) in [4.78, 5) is 14.6. The number of amides is 1. The van der Waals surface area contributed by atoms with Gasteiger partial charge in [0, 0.05) is 19.1 Å². The van der Waals surface area contributed by atoms with Crippen molar-refractivity contribution in [3.63, 3.8) is 0 Å². The van der Waals surface area contributed by atoms with E-state index >= 15 is 0 Å². The van der Waals surface area contributed by atoms with Gasteiger partial charge >= 0.3 is 0 Å². The average molecular weight is 276 g/mol. The highest BCUT2D eigenvalue weighted by Gasteiger charge is 2.29. The Balaban J connectivity index is 1.99. The van der Waals surface area contributed by atoms with Crippen LogP contribution in [0.4, 0.5) is 0 Å². The van der Waals surface area contributed by atoms with Gasteiger partial charge in [-0.1, -0.05) is 25.1 Å². The normalized spacial score (nSPS) is 19.6. The highest BCUT2D eigenvalue weighted by Crippen LogP contribution is 2.15. The fourth-order valence-electron chi connectivity index (χ4n) is 2.61. The Bertz CT molecular complexity index is 416. The van der Waals surface area contributed by atoms with Crippen molar-refractivity contribution >= 4 is 5.91 Å². The van der Waals surface area contributed by atoms with Crippen LogP contribution in [-0.2, 0) is 4.79 Å². The second-order valence-electron chi connectivity index (χ2n) is 5.25. The van der Waals surface area contributed by atoms with E-state index in [2.05, 4.69) is 12.2 Å². The first-order chi connectivity index (χ1) is 9.72. The van der Waals surface area contributed by atoms with Crippen molar-refractivity contribution in [1.29, 1.82) is 0 Å². The number of hydrogen-bond donors (Lipinski definition) is 1. The molecule has 1 saturated heterocycles. The first-order valence-corrected chi connectivity index (χ1v) is 7.45. The van der Waals surface area contributed by atoms with Crippen LogP contribution >= 0.6 is 0 Å². The predicted molar refractivity (Wildman–Crippen MR) is 79.8 cm³/mol. The zero-order valence-electron chi connectivity index (χ0n) is 12.3. The number of hydrogen-bond acceptors (Lipinski definition) is 3. The fraction of sp³-hybridized carbons (Fsp3) is 0.562. The predicted octanol–water partition coefficient (Wildman–Crippen LogP) is 2.05. The maximum absolute atomic E-state index is 12.6. The number of rotatable bonds is 6. The summed E-state index contributed by atoms with van der Waals surface area (Å²) >= 11 is 0. The van der Waals surface area contributed by atoms with E-state index in [0.29, 0.717) is 6.04 Å². The van der Waals surface area contributed by atoms with Gasteiger partial charge in [0.15, 0.2) is 6.10 Å². The summed E-state index contributed by atoms with van der Waals surface area (Å²) < 4.78 is 5.75. The molecule has 110 valence electrons. The number of para-hydroxylation sites is 1. The van der Waals surface area contributed by atoms with Crippen molar-refractivity contribution in [2.24, 2.45) is 0 Å². The molecule has 1 fully saturated rings. The van der Waals surface area contributed by atoms with E-state index in [9.17, 15) is 4.79 Å². The molecule has 2 unspecified atom stereocenters. The Labute approximate surface area is 121 Å². The summed E-state index contributed by atoms with van der Waals surface area (Å²) in [6.07, 6.45) is 1.56. The van der Waals surface area contributed by atoms with Gasteiger partial charge in [0.1, 0.15) is 5.75 Å². The van der Waals surface area contributed by atoms with Gasteiger partial charge in [0.05, 0.1) is 0 Å². The van der Waals surface area contributed by atoms with Crippen molar-refractivity contribution < 1.29 is 9.53 Å². The molecule has 1 heterocycles. The SMILES string of the molecule is CCCN(C(=O)C(C)Oc1ccccc1)C1CCNC1. The van der Waals surface area contributed by atoms with Gasteiger partial charge in [0.25, 0.3) is 5.91 Å². The Morgan fingerprint density at radius 3 is 2.80 bits per heavy atom. The van der Waals surface area contributed by atoms with Gasteiger partial charge in [0.2, 0.25) is 0 Å². The molecule has 4 heteroatoms. The molecule has 1 amide bonds. The summed E-state index contributed by atoms with van der Waals surface area (Å²) in [5.41, 5.74) is 0. The van der Waals surface area contributed by atoms with Crippen molar-refractivity contribution in [1.82, 2.24) is 10.2 Å². The molecule has 1 N–H and O–H groups in total. The molecule has 20 heavy (non-hydrogen) atoms. The summed E-state index contributed by atoms with van der Waals surface area (Å²) in [7, 11) is 0. The third kappa shape index (κ3) is 3.73. The number of carbonyl (C=O) groups excluding carboxylic acids is 1. The Kier molecular flexibility index (Phi) is 5.41. The molecule has 4 nitrogen and oxygen atoms in total. The van der Waals surface area contributed by atoms with Crippen LogP contribution in [0.2, 0.25) is 0 Å². The molecule has 0 bridgehead atoms. The molecule has 0 spiro atoms. The van der Waals surface area contributed by atoms with Gasteiger partial charge in [-0.3, -0.25) is 4.79 Å². The molecule has 0 radical (unpaired) electrons. The topological polar surface area (TPSA) is 41.6 Å². The Hall–Kier alpha value is -1.55. The number of ether oxygens (including phenoxy) is 1. The van der Waals surface area contributed by atoms with Crippen LogP contribution in [0.5, 0.6) is 5.75 Å². The molecule has 0 aromatic heterocycles. The Morgan fingerprint density at radius 2 is 2.20 bits per heavy atom. The molecule has 2 rings (SSSR count). The molecule has 0 saturated carbocycles. The second kappa shape index (κ2) is 7.29. The van der Waals surface area contributed by atoms with Crippen LogP contribution < -0.4 is 10.1 Å². The number of nitrogens with zero attached hydrogens (tertiary/aromatic N) is 1. The lowest BCUT2D eigenvalue weighted by Gasteiger charge is -2.30. The van der Waals surface area contributed by atoms with E-state index in [-0.39, 0.29) is 5.91 Å². The quantitative estimate of drug-likeness (QED) is 0.864. The molecule has 1 aliphatic heterocycles. The third-order valence-electron chi connectivity index (χ3n) is 3.63. The van der Waals surface area contributed by atoms with Gasteiger partial charge in [-0.25, -0.2) is 0 Å². The van der Waals surface area contributed by atoms with E-state index in [0.717, 1.165) is 38.2 Å². The number of nitrogens with one attached hydrogen (secondary N) is 1. The van der Waals surface area contributed by atoms with Crippen LogP contribution in [-0.4, -0.2) is 42.6 Å². The standard InChI is InChI=1S/C16H24N2O2/c1-3-11-18(14-9-10-17-12-14)16(19)13(2)20-15-7-5-4-6-8-15/h4-8,13-14,17H,3,9-12H2,1-2H3. The fourth-order valence-corrected chi connectivity index (χ4v) is 2.61. The van der Waals surface area contributed by atoms with Gasteiger partial charge < -0.3 is 15.0 Å². The van der Waals surface area contributed by atoms with Crippen molar-refractivity contribution in [2.75, 3.05) is 19.6 Å². The maximum atomic E-state index is 12.6. The minimum Gasteiger partial charge on any atom is -0.481 e. The van der Waals surface area contributed by atoms with Gasteiger partial charge in [-0.05, 0) is 38.4 Å². The lowest BCUT2D eigenvalue weighted by molar-refractivity contribution is -0.140. The monoisotopic (exact) mass is 276 g/mol.